The SMILES string of the molecule is NC(N)(CCOCc1ccccc1)c1[nH]c(=O)c2ccccc2c1O. The Bertz CT molecular complexity index is 920. The van der Waals surface area contributed by atoms with Gasteiger partial charge in [0, 0.05) is 11.8 Å². The Hall–Kier alpha value is -2.67. The van der Waals surface area contributed by atoms with E-state index < -0.39 is 5.66 Å². The molecule has 6 nitrogen and oxygen atoms in total. The number of aromatic amines is 1. The van der Waals surface area contributed by atoms with Crippen LogP contribution >= 0.6 is 0 Å². The molecule has 0 radical (unpaired) electrons. The van der Waals surface area contributed by atoms with E-state index in [1.165, 1.54) is 0 Å². The van der Waals surface area contributed by atoms with Crippen molar-refractivity contribution in [3.05, 3.63) is 76.2 Å². The van der Waals surface area contributed by atoms with Crippen LogP contribution < -0.4 is 17.0 Å². The zero-order valence-corrected chi connectivity index (χ0v) is 13.7. The lowest BCUT2D eigenvalue weighted by atomic mass is 10.00. The summed E-state index contributed by atoms with van der Waals surface area (Å²) >= 11 is 0. The van der Waals surface area contributed by atoms with Crippen molar-refractivity contribution in [2.24, 2.45) is 11.5 Å². The first-order chi connectivity index (χ1) is 12.0. The van der Waals surface area contributed by atoms with Gasteiger partial charge in [-0.15, -0.1) is 0 Å². The second kappa shape index (κ2) is 7.06. The van der Waals surface area contributed by atoms with Crippen molar-refractivity contribution in [1.82, 2.24) is 4.98 Å². The van der Waals surface area contributed by atoms with Crippen molar-refractivity contribution in [3.63, 3.8) is 0 Å². The van der Waals surface area contributed by atoms with Crippen LogP contribution in [0.1, 0.15) is 17.7 Å². The van der Waals surface area contributed by atoms with Crippen molar-refractivity contribution in [2.75, 3.05) is 6.61 Å². The summed E-state index contributed by atoms with van der Waals surface area (Å²) in [5, 5.41) is 11.3. The predicted octanol–water partition coefficient (Wildman–Crippen LogP) is 1.91. The number of pyridine rings is 1. The minimum absolute atomic E-state index is 0.108. The summed E-state index contributed by atoms with van der Waals surface area (Å²) in [5.74, 6) is -0.108. The van der Waals surface area contributed by atoms with Crippen LogP contribution in [0.2, 0.25) is 0 Å². The van der Waals surface area contributed by atoms with Gasteiger partial charge >= 0.3 is 0 Å². The van der Waals surface area contributed by atoms with Crippen LogP contribution in [0.5, 0.6) is 5.75 Å². The lowest BCUT2D eigenvalue weighted by Gasteiger charge is -2.25. The van der Waals surface area contributed by atoms with E-state index in [0.29, 0.717) is 17.4 Å². The molecule has 6 heteroatoms. The number of nitrogens with two attached hydrogens (primary N) is 2. The molecule has 0 fully saturated rings. The van der Waals surface area contributed by atoms with E-state index >= 15 is 0 Å². The van der Waals surface area contributed by atoms with E-state index in [1.807, 2.05) is 30.3 Å². The number of H-pyrrole nitrogens is 1. The number of hydrogen-bond donors (Lipinski definition) is 4. The van der Waals surface area contributed by atoms with E-state index in [2.05, 4.69) is 4.98 Å². The molecule has 0 unspecified atom stereocenters. The third-order valence-corrected chi connectivity index (χ3v) is 4.14. The van der Waals surface area contributed by atoms with Crippen molar-refractivity contribution < 1.29 is 9.84 Å². The zero-order chi connectivity index (χ0) is 17.9. The Morgan fingerprint density at radius 2 is 1.64 bits per heavy atom. The van der Waals surface area contributed by atoms with Crippen molar-refractivity contribution in [3.8, 4) is 5.75 Å². The van der Waals surface area contributed by atoms with Crippen LogP contribution in [-0.2, 0) is 17.0 Å². The smallest absolute Gasteiger partial charge is 0.256 e. The fourth-order valence-corrected chi connectivity index (χ4v) is 2.73. The maximum atomic E-state index is 12.2. The molecule has 25 heavy (non-hydrogen) atoms. The van der Waals surface area contributed by atoms with Crippen LogP contribution in [0.4, 0.5) is 0 Å². The van der Waals surface area contributed by atoms with Crippen LogP contribution in [0.3, 0.4) is 0 Å². The molecule has 0 spiro atoms. The molecule has 0 aliphatic heterocycles. The quantitative estimate of drug-likeness (QED) is 0.404. The number of hydrogen-bond acceptors (Lipinski definition) is 5. The van der Waals surface area contributed by atoms with Gasteiger partial charge in [-0.1, -0.05) is 48.5 Å². The third kappa shape index (κ3) is 3.71. The number of ether oxygens (including phenoxy) is 1. The molecule has 1 heterocycles. The highest BCUT2D eigenvalue weighted by Crippen LogP contribution is 2.30. The van der Waals surface area contributed by atoms with Gasteiger partial charge in [0.2, 0.25) is 0 Å². The topological polar surface area (TPSA) is 114 Å². The highest BCUT2D eigenvalue weighted by atomic mass is 16.5. The number of rotatable bonds is 6. The fraction of sp³-hybridized carbons (Fsp3) is 0.211. The Balaban J connectivity index is 1.74. The lowest BCUT2D eigenvalue weighted by Crippen LogP contribution is -2.48. The monoisotopic (exact) mass is 339 g/mol. The molecule has 0 bridgehead atoms. The van der Waals surface area contributed by atoms with Gasteiger partial charge in [0.1, 0.15) is 11.4 Å². The second-order valence-electron chi connectivity index (χ2n) is 6.05. The molecule has 3 aromatic rings. The Labute approximate surface area is 145 Å². The molecular formula is C19H21N3O3. The van der Waals surface area contributed by atoms with E-state index in [4.69, 9.17) is 16.2 Å². The van der Waals surface area contributed by atoms with Crippen LogP contribution in [0.15, 0.2) is 59.4 Å². The molecule has 0 aliphatic rings. The molecule has 1 aromatic heterocycles. The maximum Gasteiger partial charge on any atom is 0.256 e. The summed E-state index contributed by atoms with van der Waals surface area (Å²) in [7, 11) is 0. The summed E-state index contributed by atoms with van der Waals surface area (Å²) in [6, 6.07) is 16.5. The van der Waals surface area contributed by atoms with E-state index in [9.17, 15) is 9.90 Å². The molecule has 2 aromatic carbocycles. The van der Waals surface area contributed by atoms with Gasteiger partial charge in [0.05, 0.1) is 24.3 Å². The summed E-state index contributed by atoms with van der Waals surface area (Å²) in [5.41, 5.74) is 11.7. The summed E-state index contributed by atoms with van der Waals surface area (Å²) in [6.45, 7) is 0.729. The molecule has 130 valence electrons. The maximum absolute atomic E-state index is 12.2. The van der Waals surface area contributed by atoms with Crippen molar-refractivity contribution in [1.29, 1.82) is 0 Å². The number of nitrogens with one attached hydrogen (secondary N) is 1. The van der Waals surface area contributed by atoms with Gasteiger partial charge in [-0.2, -0.15) is 0 Å². The van der Waals surface area contributed by atoms with Gasteiger partial charge in [-0.25, -0.2) is 0 Å². The van der Waals surface area contributed by atoms with Gasteiger partial charge in [0.25, 0.3) is 5.56 Å². The van der Waals surface area contributed by atoms with Crippen molar-refractivity contribution >= 4 is 10.8 Å². The molecule has 0 atom stereocenters. The van der Waals surface area contributed by atoms with Gasteiger partial charge in [-0.3, -0.25) is 4.79 Å². The van der Waals surface area contributed by atoms with Crippen LogP contribution in [0, 0.1) is 0 Å². The van der Waals surface area contributed by atoms with Gasteiger partial charge < -0.3 is 26.3 Å². The zero-order valence-electron chi connectivity index (χ0n) is 13.7. The van der Waals surface area contributed by atoms with Gasteiger partial charge in [0.15, 0.2) is 0 Å². The average Bonchev–Trinajstić information content (AvgIpc) is 2.63. The summed E-state index contributed by atoms with van der Waals surface area (Å²) in [4.78, 5) is 14.8. The molecule has 6 N–H and O–H groups in total. The Kier molecular flexibility index (Phi) is 4.85. The first-order valence-corrected chi connectivity index (χ1v) is 8.03. The fourth-order valence-electron chi connectivity index (χ4n) is 2.73. The molecule has 0 saturated heterocycles. The largest absolute Gasteiger partial charge is 0.505 e. The normalized spacial score (nSPS) is 11.8. The first kappa shape index (κ1) is 17.2. The highest BCUT2D eigenvalue weighted by Gasteiger charge is 2.28. The molecule has 0 amide bonds. The number of aromatic hydroxyl groups is 1. The molecule has 3 rings (SSSR count). The molecule has 0 aliphatic carbocycles. The van der Waals surface area contributed by atoms with Crippen LogP contribution in [0.25, 0.3) is 10.8 Å². The van der Waals surface area contributed by atoms with Crippen LogP contribution in [-0.4, -0.2) is 16.7 Å². The van der Waals surface area contributed by atoms with Crippen molar-refractivity contribution in [2.45, 2.75) is 18.7 Å². The lowest BCUT2D eigenvalue weighted by molar-refractivity contribution is 0.101. The number of fused-ring (bicyclic) bond motifs is 1. The number of aromatic nitrogens is 1. The van der Waals surface area contributed by atoms with E-state index in [-0.39, 0.29) is 30.0 Å². The second-order valence-corrected chi connectivity index (χ2v) is 6.05. The Morgan fingerprint density at radius 1 is 1.00 bits per heavy atom. The standard InChI is InChI=1S/C19H21N3O3/c20-19(21,10-11-25-12-13-6-2-1-3-7-13)17-16(23)14-8-4-5-9-15(14)18(24)22-17/h1-9,23H,10-12,20-21H2,(H,22,24). The molecule has 0 saturated carbocycles. The third-order valence-electron chi connectivity index (χ3n) is 4.14. The summed E-state index contributed by atoms with van der Waals surface area (Å²) in [6.07, 6.45) is 0.238. The van der Waals surface area contributed by atoms with E-state index in [1.54, 1.807) is 24.3 Å². The number of benzene rings is 2. The average molecular weight is 339 g/mol. The minimum Gasteiger partial charge on any atom is -0.505 e. The van der Waals surface area contributed by atoms with E-state index in [0.717, 1.165) is 5.56 Å². The predicted molar refractivity (Wildman–Crippen MR) is 97.0 cm³/mol. The first-order valence-electron chi connectivity index (χ1n) is 8.03. The minimum atomic E-state index is -1.41. The summed E-state index contributed by atoms with van der Waals surface area (Å²) < 4.78 is 5.60. The molecular weight excluding hydrogens is 318 g/mol. The van der Waals surface area contributed by atoms with Gasteiger partial charge in [-0.05, 0) is 11.6 Å². The highest BCUT2D eigenvalue weighted by molar-refractivity contribution is 5.88. The Morgan fingerprint density at radius 3 is 2.36 bits per heavy atom.